The van der Waals surface area contributed by atoms with Gasteiger partial charge >= 0.3 is 5.97 Å². The molecule has 0 aromatic heterocycles. The summed E-state index contributed by atoms with van der Waals surface area (Å²) in [6.45, 7) is 5.57. The van der Waals surface area contributed by atoms with Crippen LogP contribution in [-0.2, 0) is 9.53 Å². The predicted molar refractivity (Wildman–Crippen MR) is 78.4 cm³/mol. The molecule has 0 saturated carbocycles. The Labute approximate surface area is 119 Å². The minimum atomic E-state index is -0.545. The molecule has 1 aromatic rings. The van der Waals surface area contributed by atoms with Crippen molar-refractivity contribution >= 4 is 17.6 Å². The third-order valence-electron chi connectivity index (χ3n) is 3.20. The van der Waals surface area contributed by atoms with Gasteiger partial charge in [0.15, 0.2) is 6.61 Å². The van der Waals surface area contributed by atoms with Gasteiger partial charge in [-0.05, 0) is 37.5 Å². The molecule has 0 spiro atoms. The molecule has 0 unspecified atom stereocenters. The zero-order valence-electron chi connectivity index (χ0n) is 12.2. The second kappa shape index (κ2) is 7.53. The minimum absolute atomic E-state index is 0.122. The van der Waals surface area contributed by atoms with E-state index in [0.29, 0.717) is 11.3 Å². The highest BCUT2D eigenvalue weighted by molar-refractivity contribution is 5.92. The van der Waals surface area contributed by atoms with Crippen molar-refractivity contribution in [3.63, 3.8) is 0 Å². The first-order valence-electron chi connectivity index (χ1n) is 6.80. The second-order valence-electron chi connectivity index (χ2n) is 4.73. The van der Waals surface area contributed by atoms with Crippen molar-refractivity contribution < 1.29 is 14.3 Å². The smallest absolute Gasteiger partial charge is 0.338 e. The van der Waals surface area contributed by atoms with Gasteiger partial charge in [0.2, 0.25) is 0 Å². The van der Waals surface area contributed by atoms with Crippen molar-refractivity contribution in [3.8, 4) is 0 Å². The number of hydrogen-bond donors (Lipinski definition) is 2. The number of nitrogens with one attached hydrogen (secondary N) is 1. The average molecular weight is 278 g/mol. The summed E-state index contributed by atoms with van der Waals surface area (Å²) in [5.41, 5.74) is 7.50. The lowest BCUT2D eigenvalue weighted by atomic mass is 10.1. The number of aryl methyl sites for hydroxylation is 1. The Morgan fingerprint density at radius 3 is 2.50 bits per heavy atom. The molecule has 1 rings (SSSR count). The highest BCUT2D eigenvalue weighted by atomic mass is 16.5. The van der Waals surface area contributed by atoms with Gasteiger partial charge in [0, 0.05) is 11.7 Å². The van der Waals surface area contributed by atoms with E-state index in [0.717, 1.165) is 18.4 Å². The quantitative estimate of drug-likeness (QED) is 0.616. The Hall–Kier alpha value is -2.04. The van der Waals surface area contributed by atoms with Crippen molar-refractivity contribution in [2.24, 2.45) is 0 Å². The molecule has 0 heterocycles. The van der Waals surface area contributed by atoms with Gasteiger partial charge in [-0.2, -0.15) is 0 Å². The van der Waals surface area contributed by atoms with Crippen molar-refractivity contribution in [1.29, 1.82) is 0 Å². The van der Waals surface area contributed by atoms with Crippen molar-refractivity contribution in [2.75, 3.05) is 12.3 Å². The number of anilines is 1. The van der Waals surface area contributed by atoms with E-state index < -0.39 is 5.97 Å². The molecule has 20 heavy (non-hydrogen) atoms. The number of ether oxygens (including phenoxy) is 1. The van der Waals surface area contributed by atoms with E-state index in [-0.39, 0.29) is 18.6 Å². The Morgan fingerprint density at radius 2 is 1.95 bits per heavy atom. The fraction of sp³-hybridized carbons (Fsp3) is 0.467. The number of carbonyl (C=O) groups excluding carboxylic acids is 2. The normalized spacial score (nSPS) is 10.4. The van der Waals surface area contributed by atoms with Gasteiger partial charge in [-0.15, -0.1) is 0 Å². The van der Waals surface area contributed by atoms with E-state index in [4.69, 9.17) is 10.5 Å². The van der Waals surface area contributed by atoms with Crippen LogP contribution in [0.3, 0.4) is 0 Å². The summed E-state index contributed by atoms with van der Waals surface area (Å²) in [5, 5.41) is 2.80. The Morgan fingerprint density at radius 1 is 1.30 bits per heavy atom. The number of nitrogens with two attached hydrogens (primary N) is 1. The number of benzene rings is 1. The average Bonchev–Trinajstić information content (AvgIpc) is 2.45. The van der Waals surface area contributed by atoms with E-state index in [9.17, 15) is 9.59 Å². The zero-order valence-corrected chi connectivity index (χ0v) is 12.2. The van der Waals surface area contributed by atoms with Crippen LogP contribution in [-0.4, -0.2) is 24.5 Å². The van der Waals surface area contributed by atoms with Crippen LogP contribution in [0.4, 0.5) is 5.69 Å². The van der Waals surface area contributed by atoms with Crippen molar-refractivity contribution in [2.45, 2.75) is 39.7 Å². The summed E-state index contributed by atoms with van der Waals surface area (Å²) >= 11 is 0. The number of hydrogen-bond acceptors (Lipinski definition) is 4. The molecule has 0 saturated heterocycles. The van der Waals surface area contributed by atoms with Gasteiger partial charge < -0.3 is 15.8 Å². The Kier molecular flexibility index (Phi) is 6.03. The van der Waals surface area contributed by atoms with Crippen LogP contribution in [0.25, 0.3) is 0 Å². The van der Waals surface area contributed by atoms with Crippen molar-refractivity contribution in [3.05, 3.63) is 29.3 Å². The summed E-state index contributed by atoms with van der Waals surface area (Å²) in [7, 11) is 0. The molecule has 3 N–H and O–H groups in total. The van der Waals surface area contributed by atoms with Gasteiger partial charge in [-0.1, -0.05) is 19.9 Å². The lowest BCUT2D eigenvalue weighted by Crippen LogP contribution is -2.36. The lowest BCUT2D eigenvalue weighted by molar-refractivity contribution is -0.125. The second-order valence-corrected chi connectivity index (χ2v) is 4.73. The number of amides is 1. The molecule has 0 bridgehead atoms. The monoisotopic (exact) mass is 278 g/mol. The number of carbonyl (C=O) groups is 2. The van der Waals surface area contributed by atoms with Crippen LogP contribution in [0.1, 0.15) is 42.6 Å². The van der Waals surface area contributed by atoms with E-state index >= 15 is 0 Å². The standard InChI is InChI=1S/C15H22N2O3/c1-4-12(5-2)17-14(18)9-20-15(19)11-7-6-10(3)13(16)8-11/h6-8,12H,4-5,9,16H2,1-3H3,(H,17,18). The molecule has 0 aliphatic carbocycles. The number of nitrogen functional groups attached to an aromatic ring is 1. The molecule has 1 amide bonds. The van der Waals surface area contributed by atoms with Crippen LogP contribution in [0, 0.1) is 6.92 Å². The molecule has 5 heteroatoms. The van der Waals surface area contributed by atoms with Crippen LogP contribution in [0.5, 0.6) is 0 Å². The molecule has 0 atom stereocenters. The van der Waals surface area contributed by atoms with Crippen LogP contribution in [0.15, 0.2) is 18.2 Å². The fourth-order valence-corrected chi connectivity index (χ4v) is 1.74. The topological polar surface area (TPSA) is 81.4 Å². The third-order valence-corrected chi connectivity index (χ3v) is 3.20. The SMILES string of the molecule is CCC(CC)NC(=O)COC(=O)c1ccc(C)c(N)c1. The first-order chi connectivity index (χ1) is 9.47. The summed E-state index contributed by atoms with van der Waals surface area (Å²) in [5.74, 6) is -0.830. The Bertz CT molecular complexity index is 482. The molecule has 1 aromatic carbocycles. The number of esters is 1. The van der Waals surface area contributed by atoms with Crippen molar-refractivity contribution in [1.82, 2.24) is 5.32 Å². The predicted octanol–water partition coefficient (Wildman–Crippen LogP) is 2.04. The van der Waals surface area contributed by atoms with Crippen LogP contribution in [0.2, 0.25) is 0 Å². The van der Waals surface area contributed by atoms with E-state index in [2.05, 4.69) is 5.32 Å². The zero-order chi connectivity index (χ0) is 15.1. The molecule has 110 valence electrons. The first-order valence-corrected chi connectivity index (χ1v) is 6.80. The molecule has 0 radical (unpaired) electrons. The summed E-state index contributed by atoms with van der Waals surface area (Å²) < 4.78 is 4.97. The maximum absolute atomic E-state index is 11.8. The molecule has 0 aliphatic heterocycles. The van der Waals surface area contributed by atoms with Gasteiger partial charge in [0.25, 0.3) is 5.91 Å². The highest BCUT2D eigenvalue weighted by Crippen LogP contribution is 2.13. The molecule has 5 nitrogen and oxygen atoms in total. The summed E-state index contributed by atoms with van der Waals surface area (Å²) in [6, 6.07) is 5.05. The summed E-state index contributed by atoms with van der Waals surface area (Å²) in [4.78, 5) is 23.4. The van der Waals surface area contributed by atoms with E-state index in [1.807, 2.05) is 20.8 Å². The lowest BCUT2D eigenvalue weighted by Gasteiger charge is -2.14. The molecular formula is C15H22N2O3. The van der Waals surface area contributed by atoms with Gasteiger partial charge in [-0.3, -0.25) is 4.79 Å². The number of rotatable bonds is 6. The largest absolute Gasteiger partial charge is 0.452 e. The van der Waals surface area contributed by atoms with Gasteiger partial charge in [-0.25, -0.2) is 4.79 Å². The molecule has 0 aliphatic rings. The van der Waals surface area contributed by atoms with E-state index in [1.54, 1.807) is 18.2 Å². The maximum Gasteiger partial charge on any atom is 0.338 e. The van der Waals surface area contributed by atoms with E-state index in [1.165, 1.54) is 0 Å². The van der Waals surface area contributed by atoms with Crippen LogP contribution >= 0.6 is 0 Å². The molecular weight excluding hydrogens is 256 g/mol. The third kappa shape index (κ3) is 4.57. The maximum atomic E-state index is 11.8. The van der Waals surface area contributed by atoms with Gasteiger partial charge in [0.1, 0.15) is 0 Å². The van der Waals surface area contributed by atoms with Crippen LogP contribution < -0.4 is 11.1 Å². The first kappa shape index (κ1) is 16.0. The summed E-state index contributed by atoms with van der Waals surface area (Å²) in [6.07, 6.45) is 1.70. The van der Waals surface area contributed by atoms with Gasteiger partial charge in [0.05, 0.1) is 5.56 Å². The highest BCUT2D eigenvalue weighted by Gasteiger charge is 2.13. The minimum Gasteiger partial charge on any atom is -0.452 e. The fourth-order valence-electron chi connectivity index (χ4n) is 1.74. The molecule has 0 fully saturated rings. The Balaban J connectivity index is 2.50.